The number of aromatic nitrogens is 2. The Bertz CT molecular complexity index is 702. The van der Waals surface area contributed by atoms with E-state index in [4.69, 9.17) is 4.74 Å². The van der Waals surface area contributed by atoms with Gasteiger partial charge in [0.25, 0.3) is 5.91 Å². The van der Waals surface area contributed by atoms with Crippen LogP contribution >= 0.6 is 0 Å². The van der Waals surface area contributed by atoms with Crippen LogP contribution in [-0.2, 0) is 21.4 Å². The molecule has 6 nitrogen and oxygen atoms in total. The zero-order valence-corrected chi connectivity index (χ0v) is 16.0. The second-order valence-electron chi connectivity index (χ2n) is 8.97. The molecule has 0 spiro atoms. The Balaban J connectivity index is 1.30. The summed E-state index contributed by atoms with van der Waals surface area (Å²) in [5.74, 6) is 1.92. The monoisotopic (exact) mass is 359 g/mol. The van der Waals surface area contributed by atoms with Crippen LogP contribution in [0.2, 0.25) is 0 Å². The molecule has 5 rings (SSSR count). The lowest BCUT2D eigenvalue weighted by Gasteiger charge is -2.56. The fourth-order valence-electron chi connectivity index (χ4n) is 6.14. The molecule has 4 fully saturated rings. The van der Waals surface area contributed by atoms with Gasteiger partial charge in [0, 0.05) is 7.05 Å². The van der Waals surface area contributed by atoms with Crippen LogP contribution in [0.25, 0.3) is 0 Å². The van der Waals surface area contributed by atoms with Gasteiger partial charge in [-0.3, -0.25) is 14.3 Å². The number of ether oxygens (including phenoxy) is 1. The number of carbonyl (C=O) groups excluding carboxylic acids is 2. The van der Waals surface area contributed by atoms with Crippen molar-refractivity contribution in [2.24, 2.45) is 30.2 Å². The molecular weight excluding hydrogens is 330 g/mol. The first-order valence-corrected chi connectivity index (χ1v) is 9.79. The Kier molecular flexibility index (Phi) is 4.32. The predicted octanol–water partition coefficient (Wildman–Crippen LogP) is 3.13. The first-order chi connectivity index (χ1) is 12.3. The molecule has 4 saturated carbocycles. The molecule has 0 unspecified atom stereocenters. The number of amides is 1. The van der Waals surface area contributed by atoms with E-state index >= 15 is 0 Å². The van der Waals surface area contributed by atoms with E-state index in [2.05, 4.69) is 10.4 Å². The van der Waals surface area contributed by atoms with Crippen LogP contribution in [0.4, 0.5) is 5.69 Å². The first kappa shape index (κ1) is 17.6. The maximum Gasteiger partial charge on any atom is 0.306 e. The van der Waals surface area contributed by atoms with E-state index in [1.165, 1.54) is 38.5 Å². The van der Waals surface area contributed by atoms with Crippen molar-refractivity contribution in [3.05, 3.63) is 11.4 Å². The summed E-state index contributed by atoms with van der Waals surface area (Å²) >= 11 is 0. The number of esters is 1. The number of rotatable bonds is 5. The van der Waals surface area contributed by atoms with Gasteiger partial charge in [0.15, 0.2) is 6.61 Å². The number of aryl methyl sites for hydroxylation is 2. The second-order valence-corrected chi connectivity index (χ2v) is 8.97. The largest absolute Gasteiger partial charge is 0.456 e. The smallest absolute Gasteiger partial charge is 0.306 e. The van der Waals surface area contributed by atoms with E-state index in [9.17, 15) is 9.59 Å². The molecule has 142 valence electrons. The molecule has 1 aromatic heterocycles. The second kappa shape index (κ2) is 6.39. The van der Waals surface area contributed by atoms with Gasteiger partial charge in [0.1, 0.15) is 0 Å². The van der Waals surface area contributed by atoms with Crippen LogP contribution in [0, 0.1) is 37.0 Å². The molecule has 1 N–H and O–H groups in total. The predicted molar refractivity (Wildman–Crippen MR) is 97.5 cm³/mol. The van der Waals surface area contributed by atoms with E-state index in [-0.39, 0.29) is 23.9 Å². The fourth-order valence-corrected chi connectivity index (χ4v) is 6.14. The SMILES string of the molecule is Cc1nn(C)c(C)c1NC(=O)COC(=O)CC12CC3CC(CC(C3)C1)C2. The van der Waals surface area contributed by atoms with Gasteiger partial charge in [-0.1, -0.05) is 0 Å². The normalized spacial score (nSPS) is 31.9. The highest BCUT2D eigenvalue weighted by atomic mass is 16.5. The van der Waals surface area contributed by atoms with Gasteiger partial charge < -0.3 is 10.1 Å². The van der Waals surface area contributed by atoms with Gasteiger partial charge in [-0.15, -0.1) is 0 Å². The van der Waals surface area contributed by atoms with Crippen molar-refractivity contribution in [1.29, 1.82) is 0 Å². The number of nitrogens with zero attached hydrogens (tertiary/aromatic N) is 2. The minimum Gasteiger partial charge on any atom is -0.456 e. The molecule has 1 aromatic rings. The van der Waals surface area contributed by atoms with Gasteiger partial charge in [0.05, 0.1) is 23.5 Å². The van der Waals surface area contributed by atoms with E-state index in [0.29, 0.717) is 12.1 Å². The molecule has 0 radical (unpaired) electrons. The molecule has 0 saturated heterocycles. The Morgan fingerprint density at radius 3 is 2.23 bits per heavy atom. The molecule has 4 aliphatic rings. The van der Waals surface area contributed by atoms with Crippen molar-refractivity contribution in [2.75, 3.05) is 11.9 Å². The first-order valence-electron chi connectivity index (χ1n) is 9.79. The molecule has 26 heavy (non-hydrogen) atoms. The Hall–Kier alpha value is -1.85. The maximum atomic E-state index is 12.4. The van der Waals surface area contributed by atoms with Crippen LogP contribution in [0.3, 0.4) is 0 Å². The number of nitrogens with one attached hydrogen (secondary N) is 1. The minimum absolute atomic E-state index is 0.152. The van der Waals surface area contributed by atoms with Crippen LogP contribution in [0.1, 0.15) is 56.3 Å². The molecule has 0 atom stereocenters. The van der Waals surface area contributed by atoms with Crippen molar-refractivity contribution in [3.63, 3.8) is 0 Å². The molecule has 6 heteroatoms. The fraction of sp³-hybridized carbons (Fsp3) is 0.750. The van der Waals surface area contributed by atoms with E-state index in [1.807, 2.05) is 20.9 Å². The summed E-state index contributed by atoms with van der Waals surface area (Å²) in [5.41, 5.74) is 2.50. The lowest BCUT2D eigenvalue weighted by atomic mass is 9.49. The number of anilines is 1. The summed E-state index contributed by atoms with van der Waals surface area (Å²) in [4.78, 5) is 24.6. The molecule has 1 amide bonds. The Morgan fingerprint density at radius 1 is 1.15 bits per heavy atom. The summed E-state index contributed by atoms with van der Waals surface area (Å²) < 4.78 is 7.05. The molecule has 4 aliphatic carbocycles. The summed E-state index contributed by atoms with van der Waals surface area (Å²) in [5, 5.41) is 7.09. The lowest BCUT2D eigenvalue weighted by molar-refractivity contribution is -0.154. The highest BCUT2D eigenvalue weighted by Gasteiger charge is 2.51. The van der Waals surface area contributed by atoms with Crippen molar-refractivity contribution in [3.8, 4) is 0 Å². The zero-order valence-electron chi connectivity index (χ0n) is 16.0. The zero-order chi connectivity index (χ0) is 18.5. The number of carbonyl (C=O) groups is 2. The van der Waals surface area contributed by atoms with Gasteiger partial charge in [-0.25, -0.2) is 0 Å². The molecular formula is C20H29N3O3. The molecule has 1 heterocycles. The van der Waals surface area contributed by atoms with Gasteiger partial charge in [0.2, 0.25) is 0 Å². The molecule has 0 aliphatic heterocycles. The van der Waals surface area contributed by atoms with Crippen LogP contribution in [-0.4, -0.2) is 28.3 Å². The summed E-state index contributed by atoms with van der Waals surface area (Å²) in [7, 11) is 1.84. The van der Waals surface area contributed by atoms with E-state index in [0.717, 1.165) is 29.1 Å². The van der Waals surface area contributed by atoms with Crippen molar-refractivity contribution < 1.29 is 14.3 Å². The summed E-state index contributed by atoms with van der Waals surface area (Å²) in [6.07, 6.45) is 8.09. The van der Waals surface area contributed by atoms with Crippen LogP contribution < -0.4 is 5.32 Å². The number of hydrogen-bond acceptors (Lipinski definition) is 4. The molecule has 4 bridgehead atoms. The van der Waals surface area contributed by atoms with E-state index < -0.39 is 0 Å². The minimum atomic E-state index is -0.303. The quantitative estimate of drug-likeness (QED) is 0.820. The average Bonchev–Trinajstić information content (AvgIpc) is 2.77. The van der Waals surface area contributed by atoms with Crippen molar-refractivity contribution in [2.45, 2.75) is 58.8 Å². The topological polar surface area (TPSA) is 73.2 Å². The van der Waals surface area contributed by atoms with Gasteiger partial charge in [-0.2, -0.15) is 5.10 Å². The number of hydrogen-bond donors (Lipinski definition) is 1. The summed E-state index contributed by atoms with van der Waals surface area (Å²) in [6.45, 7) is 3.52. The summed E-state index contributed by atoms with van der Waals surface area (Å²) in [6, 6.07) is 0. The highest BCUT2D eigenvalue weighted by molar-refractivity contribution is 5.93. The van der Waals surface area contributed by atoms with Gasteiger partial charge >= 0.3 is 5.97 Å². The third-order valence-electron chi connectivity index (χ3n) is 6.82. The average molecular weight is 359 g/mol. The van der Waals surface area contributed by atoms with Crippen LogP contribution in [0.5, 0.6) is 0 Å². The van der Waals surface area contributed by atoms with Gasteiger partial charge in [-0.05, 0) is 75.5 Å². The van der Waals surface area contributed by atoms with Crippen molar-refractivity contribution >= 4 is 17.6 Å². The highest BCUT2D eigenvalue weighted by Crippen LogP contribution is 2.61. The standard InChI is InChI=1S/C20H29N3O3/c1-12-19(13(2)23(3)22-12)21-17(24)11-26-18(25)10-20-7-14-4-15(8-20)6-16(5-14)9-20/h14-16H,4-11H2,1-3H3,(H,21,24). The van der Waals surface area contributed by atoms with Crippen LogP contribution in [0.15, 0.2) is 0 Å². The van der Waals surface area contributed by atoms with Crippen molar-refractivity contribution in [1.82, 2.24) is 9.78 Å². The third-order valence-corrected chi connectivity index (χ3v) is 6.82. The third kappa shape index (κ3) is 3.26. The molecule has 0 aromatic carbocycles. The lowest BCUT2D eigenvalue weighted by Crippen LogP contribution is -2.47. The van der Waals surface area contributed by atoms with E-state index in [1.54, 1.807) is 4.68 Å². The Labute approximate surface area is 154 Å². The Morgan fingerprint density at radius 2 is 1.73 bits per heavy atom. The maximum absolute atomic E-state index is 12.4.